The van der Waals surface area contributed by atoms with Crippen molar-refractivity contribution in [2.75, 3.05) is 5.33 Å². The molecular weight excluding hydrogens is 273 g/mol. The third kappa shape index (κ3) is 2.76. The Morgan fingerprint density at radius 1 is 1.43 bits per heavy atom. The van der Waals surface area contributed by atoms with E-state index in [9.17, 15) is 12.8 Å². The molecule has 0 radical (unpaired) electrons. The van der Waals surface area contributed by atoms with E-state index in [4.69, 9.17) is 5.14 Å². The molecule has 14 heavy (non-hydrogen) atoms. The SMILES string of the molecule is NS(=O)(=O)c1ccc(F)c(CCBr)c1. The molecule has 0 amide bonds. The monoisotopic (exact) mass is 281 g/mol. The van der Waals surface area contributed by atoms with Crippen LogP contribution in [0.3, 0.4) is 0 Å². The Bertz CT molecular complexity index is 433. The topological polar surface area (TPSA) is 60.2 Å². The quantitative estimate of drug-likeness (QED) is 0.852. The Labute approximate surface area is 90.3 Å². The van der Waals surface area contributed by atoms with Gasteiger partial charge in [0.25, 0.3) is 0 Å². The van der Waals surface area contributed by atoms with Crippen LogP contribution in [0.15, 0.2) is 23.1 Å². The van der Waals surface area contributed by atoms with Gasteiger partial charge in [-0.3, -0.25) is 0 Å². The van der Waals surface area contributed by atoms with Gasteiger partial charge < -0.3 is 0 Å². The molecule has 0 aromatic heterocycles. The fourth-order valence-corrected chi connectivity index (χ4v) is 2.01. The van der Waals surface area contributed by atoms with Gasteiger partial charge in [-0.15, -0.1) is 0 Å². The predicted octanol–water partition coefficient (Wildman–Crippen LogP) is 1.41. The first kappa shape index (κ1) is 11.6. The van der Waals surface area contributed by atoms with Crippen molar-refractivity contribution < 1.29 is 12.8 Å². The molecule has 0 spiro atoms. The molecule has 0 heterocycles. The van der Waals surface area contributed by atoms with Crippen molar-refractivity contribution in [3.8, 4) is 0 Å². The zero-order valence-electron chi connectivity index (χ0n) is 7.20. The second kappa shape index (κ2) is 4.37. The summed E-state index contributed by atoms with van der Waals surface area (Å²) >= 11 is 3.15. The van der Waals surface area contributed by atoms with E-state index in [-0.39, 0.29) is 4.90 Å². The molecule has 0 unspecified atom stereocenters. The van der Waals surface area contributed by atoms with Gasteiger partial charge in [0.15, 0.2) is 0 Å². The van der Waals surface area contributed by atoms with E-state index < -0.39 is 15.8 Å². The standard InChI is InChI=1S/C8H9BrFNO2S/c9-4-3-6-5-7(14(11,12)13)1-2-8(6)10/h1-2,5H,3-4H2,(H2,11,12,13). The van der Waals surface area contributed by atoms with Crippen molar-refractivity contribution >= 4 is 26.0 Å². The minimum Gasteiger partial charge on any atom is -0.225 e. The normalized spacial score (nSPS) is 11.6. The first-order chi connectivity index (χ1) is 6.45. The molecule has 0 aliphatic heterocycles. The average molecular weight is 282 g/mol. The third-order valence-electron chi connectivity index (χ3n) is 1.71. The molecule has 1 aromatic carbocycles. The summed E-state index contributed by atoms with van der Waals surface area (Å²) in [7, 11) is -3.74. The molecule has 0 aliphatic carbocycles. The molecule has 0 aliphatic rings. The number of hydrogen-bond acceptors (Lipinski definition) is 2. The second-order valence-corrected chi connectivity index (χ2v) is 5.09. The molecular formula is C8H9BrFNO2S. The molecule has 78 valence electrons. The minimum atomic E-state index is -3.74. The number of sulfonamides is 1. The van der Waals surface area contributed by atoms with Crippen LogP contribution in [-0.2, 0) is 16.4 Å². The average Bonchev–Trinajstić information content (AvgIpc) is 2.07. The van der Waals surface area contributed by atoms with Crippen molar-refractivity contribution in [3.05, 3.63) is 29.6 Å². The van der Waals surface area contributed by atoms with Gasteiger partial charge >= 0.3 is 0 Å². The molecule has 0 saturated heterocycles. The van der Waals surface area contributed by atoms with Crippen LogP contribution in [0, 0.1) is 5.82 Å². The number of benzene rings is 1. The number of hydrogen-bond donors (Lipinski definition) is 1. The molecule has 1 aromatic rings. The maximum atomic E-state index is 13.1. The van der Waals surface area contributed by atoms with Crippen LogP contribution in [0.2, 0.25) is 0 Å². The highest BCUT2D eigenvalue weighted by atomic mass is 79.9. The lowest BCUT2D eigenvalue weighted by Gasteiger charge is -2.03. The van der Waals surface area contributed by atoms with E-state index in [1.807, 2.05) is 0 Å². The lowest BCUT2D eigenvalue weighted by Crippen LogP contribution is -2.12. The van der Waals surface area contributed by atoms with Crippen LogP contribution < -0.4 is 5.14 Å². The number of primary sulfonamides is 1. The van der Waals surface area contributed by atoms with Gasteiger partial charge in [0.1, 0.15) is 5.82 Å². The molecule has 1 rings (SSSR count). The maximum absolute atomic E-state index is 13.1. The summed E-state index contributed by atoms with van der Waals surface area (Å²) in [5.74, 6) is -0.420. The molecule has 2 N–H and O–H groups in total. The Balaban J connectivity index is 3.20. The Kier molecular flexibility index (Phi) is 3.63. The van der Waals surface area contributed by atoms with Gasteiger partial charge in [-0.1, -0.05) is 15.9 Å². The van der Waals surface area contributed by atoms with E-state index in [1.54, 1.807) is 0 Å². The fraction of sp³-hybridized carbons (Fsp3) is 0.250. The van der Waals surface area contributed by atoms with Crippen LogP contribution in [0.1, 0.15) is 5.56 Å². The highest BCUT2D eigenvalue weighted by molar-refractivity contribution is 9.09. The van der Waals surface area contributed by atoms with Crippen molar-refractivity contribution in [2.24, 2.45) is 5.14 Å². The smallest absolute Gasteiger partial charge is 0.225 e. The highest BCUT2D eigenvalue weighted by Crippen LogP contribution is 2.15. The fourth-order valence-electron chi connectivity index (χ4n) is 1.02. The highest BCUT2D eigenvalue weighted by Gasteiger charge is 2.10. The summed E-state index contributed by atoms with van der Waals surface area (Å²) in [5.41, 5.74) is 0.341. The van der Waals surface area contributed by atoms with E-state index in [1.165, 1.54) is 6.07 Å². The summed E-state index contributed by atoms with van der Waals surface area (Å²) in [6, 6.07) is 3.52. The molecule has 3 nitrogen and oxygen atoms in total. The summed E-state index contributed by atoms with van der Waals surface area (Å²) < 4.78 is 35.0. The maximum Gasteiger partial charge on any atom is 0.238 e. The summed E-state index contributed by atoms with van der Waals surface area (Å²) in [6.45, 7) is 0. The van der Waals surface area contributed by atoms with Crippen LogP contribution >= 0.6 is 15.9 Å². The van der Waals surface area contributed by atoms with Crippen molar-refractivity contribution in [3.63, 3.8) is 0 Å². The van der Waals surface area contributed by atoms with Crippen LogP contribution in [0.4, 0.5) is 4.39 Å². The van der Waals surface area contributed by atoms with Crippen LogP contribution in [-0.4, -0.2) is 13.7 Å². The van der Waals surface area contributed by atoms with Gasteiger partial charge in [0.2, 0.25) is 10.0 Å². The lowest BCUT2D eigenvalue weighted by atomic mass is 10.2. The molecule has 0 atom stereocenters. The second-order valence-electron chi connectivity index (χ2n) is 2.74. The van der Waals surface area contributed by atoms with Gasteiger partial charge in [-0.25, -0.2) is 17.9 Å². The first-order valence-corrected chi connectivity index (χ1v) is 6.49. The largest absolute Gasteiger partial charge is 0.238 e. The van der Waals surface area contributed by atoms with Crippen molar-refractivity contribution in [1.29, 1.82) is 0 Å². The molecule has 6 heteroatoms. The first-order valence-electron chi connectivity index (χ1n) is 3.82. The molecule has 0 bridgehead atoms. The predicted molar refractivity (Wildman–Crippen MR) is 55.3 cm³/mol. The molecule has 0 saturated carbocycles. The number of halogens is 2. The van der Waals surface area contributed by atoms with Crippen molar-refractivity contribution in [2.45, 2.75) is 11.3 Å². The summed E-state index contributed by atoms with van der Waals surface area (Å²) in [6.07, 6.45) is 0.426. The van der Waals surface area contributed by atoms with Gasteiger partial charge in [0, 0.05) is 5.33 Å². The minimum absolute atomic E-state index is 0.0603. The van der Waals surface area contributed by atoms with Crippen LogP contribution in [0.5, 0.6) is 0 Å². The summed E-state index contributed by atoms with van der Waals surface area (Å²) in [4.78, 5) is -0.0603. The Hall–Kier alpha value is -0.460. The van der Waals surface area contributed by atoms with Crippen molar-refractivity contribution in [1.82, 2.24) is 0 Å². The van der Waals surface area contributed by atoms with E-state index in [0.29, 0.717) is 17.3 Å². The van der Waals surface area contributed by atoms with Gasteiger partial charge in [0.05, 0.1) is 4.90 Å². The van der Waals surface area contributed by atoms with E-state index >= 15 is 0 Å². The number of nitrogens with two attached hydrogens (primary N) is 1. The van der Waals surface area contributed by atoms with E-state index in [0.717, 1.165) is 12.1 Å². The zero-order chi connectivity index (χ0) is 10.8. The van der Waals surface area contributed by atoms with Gasteiger partial charge in [-0.2, -0.15) is 0 Å². The summed E-state index contributed by atoms with van der Waals surface area (Å²) in [5, 5.41) is 5.48. The number of rotatable bonds is 3. The number of alkyl halides is 1. The lowest BCUT2D eigenvalue weighted by molar-refractivity contribution is 0.594. The van der Waals surface area contributed by atoms with Crippen LogP contribution in [0.25, 0.3) is 0 Å². The molecule has 0 fully saturated rings. The Morgan fingerprint density at radius 2 is 2.07 bits per heavy atom. The van der Waals surface area contributed by atoms with E-state index in [2.05, 4.69) is 15.9 Å². The number of aryl methyl sites for hydroxylation is 1. The van der Waals surface area contributed by atoms with Gasteiger partial charge in [-0.05, 0) is 30.2 Å². The Morgan fingerprint density at radius 3 is 2.57 bits per heavy atom. The zero-order valence-corrected chi connectivity index (χ0v) is 9.61. The third-order valence-corrected chi connectivity index (χ3v) is 3.02.